The third kappa shape index (κ3) is 4.94. The number of hydrogen-bond acceptors (Lipinski definition) is 5. The van der Waals surface area contributed by atoms with Crippen LogP contribution in [0.1, 0.15) is 12.0 Å². The zero-order valence-corrected chi connectivity index (χ0v) is 13.0. The summed E-state index contributed by atoms with van der Waals surface area (Å²) in [5, 5.41) is 14.1. The number of methoxy groups -OCH3 is 1. The molecule has 5 heteroatoms. The Hall–Kier alpha value is -1.69. The maximum atomic E-state index is 9.88. The fourth-order valence-corrected chi connectivity index (χ4v) is 2.56. The van der Waals surface area contributed by atoms with Crippen LogP contribution in [0.25, 0.3) is 0 Å². The zero-order chi connectivity index (χ0) is 15.8. The molecule has 1 heterocycles. The molecule has 22 heavy (non-hydrogen) atoms. The van der Waals surface area contributed by atoms with Crippen molar-refractivity contribution in [3.8, 4) is 0 Å². The summed E-state index contributed by atoms with van der Waals surface area (Å²) >= 11 is 0. The summed E-state index contributed by atoms with van der Waals surface area (Å²) in [5.41, 5.74) is 2.07. The average molecular weight is 304 g/mol. The summed E-state index contributed by atoms with van der Waals surface area (Å²) in [6.07, 6.45) is 2.09. The molecular formula is C17H24N2O3. The van der Waals surface area contributed by atoms with Gasteiger partial charge in [0.05, 0.1) is 18.4 Å². The number of aliphatic hydroxyl groups excluding tert-OH is 1. The molecule has 0 radical (unpaired) electrons. The highest BCUT2D eigenvalue weighted by molar-refractivity contribution is 6.01. The SMILES string of the molecule is C=CCN(C[C@H](O)COC)C[C@@H]1CC(c2ccccc2)=NO1. The highest BCUT2D eigenvalue weighted by Gasteiger charge is 2.25. The van der Waals surface area contributed by atoms with Crippen LogP contribution < -0.4 is 0 Å². The standard InChI is InChI=1S/C17H24N2O3/c1-3-9-19(11-15(20)13-21-2)12-16-10-17(18-22-16)14-7-5-4-6-8-14/h3-8,15-16,20H,1,9-13H2,2H3/t15-,16-/m0/s1. The predicted octanol–water partition coefficient (Wildman–Crippen LogP) is 1.67. The molecule has 1 aromatic rings. The van der Waals surface area contributed by atoms with E-state index in [-0.39, 0.29) is 6.10 Å². The highest BCUT2D eigenvalue weighted by atomic mass is 16.6. The number of ether oxygens (including phenoxy) is 1. The molecule has 0 aliphatic carbocycles. The third-order valence-electron chi connectivity index (χ3n) is 3.52. The second-order valence-corrected chi connectivity index (χ2v) is 5.45. The van der Waals surface area contributed by atoms with Crippen molar-refractivity contribution in [2.75, 3.05) is 33.4 Å². The predicted molar refractivity (Wildman–Crippen MR) is 87.0 cm³/mol. The van der Waals surface area contributed by atoms with E-state index in [1.165, 1.54) is 0 Å². The van der Waals surface area contributed by atoms with Crippen LogP contribution in [-0.2, 0) is 9.57 Å². The van der Waals surface area contributed by atoms with Crippen LogP contribution in [0, 0.1) is 0 Å². The van der Waals surface area contributed by atoms with Crippen LogP contribution >= 0.6 is 0 Å². The molecule has 0 fully saturated rings. The molecule has 0 bridgehead atoms. The van der Waals surface area contributed by atoms with Crippen molar-refractivity contribution < 1.29 is 14.7 Å². The van der Waals surface area contributed by atoms with E-state index in [1.54, 1.807) is 7.11 Å². The first kappa shape index (κ1) is 16.7. The molecule has 1 aliphatic heterocycles. The summed E-state index contributed by atoms with van der Waals surface area (Å²) in [6, 6.07) is 10.1. The zero-order valence-electron chi connectivity index (χ0n) is 13.0. The molecule has 2 atom stereocenters. The Morgan fingerprint density at radius 3 is 2.95 bits per heavy atom. The molecule has 1 aromatic carbocycles. The minimum atomic E-state index is -0.513. The fraction of sp³-hybridized carbons (Fsp3) is 0.471. The Morgan fingerprint density at radius 2 is 2.27 bits per heavy atom. The van der Waals surface area contributed by atoms with E-state index in [2.05, 4.69) is 16.6 Å². The Labute approximate surface area is 131 Å². The minimum Gasteiger partial charge on any atom is -0.390 e. The fourth-order valence-electron chi connectivity index (χ4n) is 2.56. The first-order valence-corrected chi connectivity index (χ1v) is 7.51. The average Bonchev–Trinajstić information content (AvgIpc) is 2.97. The van der Waals surface area contributed by atoms with Crippen LogP contribution in [0.5, 0.6) is 0 Å². The largest absolute Gasteiger partial charge is 0.390 e. The lowest BCUT2D eigenvalue weighted by Crippen LogP contribution is -2.39. The lowest BCUT2D eigenvalue weighted by molar-refractivity contribution is 0.0154. The van der Waals surface area contributed by atoms with Gasteiger partial charge < -0.3 is 14.7 Å². The molecule has 0 saturated heterocycles. The molecule has 0 saturated carbocycles. The van der Waals surface area contributed by atoms with E-state index >= 15 is 0 Å². The Balaban J connectivity index is 1.86. The Morgan fingerprint density at radius 1 is 1.50 bits per heavy atom. The number of benzene rings is 1. The third-order valence-corrected chi connectivity index (χ3v) is 3.52. The molecule has 1 aliphatic rings. The number of aliphatic hydroxyl groups is 1. The number of oxime groups is 1. The van der Waals surface area contributed by atoms with E-state index < -0.39 is 6.10 Å². The van der Waals surface area contributed by atoms with Gasteiger partial charge in [0.2, 0.25) is 0 Å². The van der Waals surface area contributed by atoms with Gasteiger partial charge in [-0.1, -0.05) is 41.6 Å². The lowest BCUT2D eigenvalue weighted by atomic mass is 10.0. The summed E-state index contributed by atoms with van der Waals surface area (Å²) < 4.78 is 4.97. The van der Waals surface area contributed by atoms with E-state index in [4.69, 9.17) is 9.57 Å². The van der Waals surface area contributed by atoms with Crippen LogP contribution in [0.4, 0.5) is 0 Å². The Bertz CT molecular complexity index is 490. The summed E-state index contributed by atoms with van der Waals surface area (Å²) in [7, 11) is 1.58. The molecular weight excluding hydrogens is 280 g/mol. The van der Waals surface area contributed by atoms with Crippen molar-refractivity contribution in [3.05, 3.63) is 48.6 Å². The minimum absolute atomic E-state index is 0.00454. The van der Waals surface area contributed by atoms with E-state index in [0.29, 0.717) is 26.2 Å². The van der Waals surface area contributed by atoms with Gasteiger partial charge in [-0.3, -0.25) is 4.90 Å². The van der Waals surface area contributed by atoms with E-state index in [1.807, 2.05) is 36.4 Å². The molecule has 1 N–H and O–H groups in total. The van der Waals surface area contributed by atoms with Crippen LogP contribution in [0.2, 0.25) is 0 Å². The molecule has 0 aromatic heterocycles. The monoisotopic (exact) mass is 304 g/mol. The normalized spacial score (nSPS) is 18.9. The van der Waals surface area contributed by atoms with Crippen molar-refractivity contribution in [2.45, 2.75) is 18.6 Å². The van der Waals surface area contributed by atoms with Gasteiger partial charge in [0.15, 0.2) is 0 Å². The number of nitrogens with zero attached hydrogens (tertiary/aromatic N) is 2. The maximum absolute atomic E-state index is 9.88. The van der Waals surface area contributed by atoms with Crippen molar-refractivity contribution in [2.24, 2.45) is 5.16 Å². The smallest absolute Gasteiger partial charge is 0.145 e. The van der Waals surface area contributed by atoms with Gasteiger partial charge in [-0.25, -0.2) is 0 Å². The lowest BCUT2D eigenvalue weighted by Gasteiger charge is -2.25. The maximum Gasteiger partial charge on any atom is 0.145 e. The molecule has 0 amide bonds. The molecule has 5 nitrogen and oxygen atoms in total. The van der Waals surface area contributed by atoms with Gasteiger partial charge in [0.1, 0.15) is 6.10 Å². The second-order valence-electron chi connectivity index (χ2n) is 5.45. The van der Waals surface area contributed by atoms with E-state index in [9.17, 15) is 5.11 Å². The molecule has 0 unspecified atom stereocenters. The molecule has 0 spiro atoms. The summed E-state index contributed by atoms with van der Waals surface area (Å²) in [5.74, 6) is 0. The number of hydrogen-bond donors (Lipinski definition) is 1. The van der Waals surface area contributed by atoms with Gasteiger partial charge in [-0.05, 0) is 5.56 Å². The molecule has 120 valence electrons. The van der Waals surface area contributed by atoms with Crippen LogP contribution in [0.3, 0.4) is 0 Å². The van der Waals surface area contributed by atoms with Crippen molar-refractivity contribution in [1.82, 2.24) is 4.90 Å². The van der Waals surface area contributed by atoms with Gasteiger partial charge in [0, 0.05) is 33.2 Å². The van der Waals surface area contributed by atoms with Crippen molar-refractivity contribution in [3.63, 3.8) is 0 Å². The quantitative estimate of drug-likeness (QED) is 0.705. The summed E-state index contributed by atoms with van der Waals surface area (Å²) in [6.45, 7) is 6.02. The second kappa shape index (κ2) is 8.68. The number of rotatable bonds is 9. The first-order valence-electron chi connectivity index (χ1n) is 7.51. The van der Waals surface area contributed by atoms with Crippen LogP contribution in [0.15, 0.2) is 48.1 Å². The van der Waals surface area contributed by atoms with E-state index in [0.717, 1.165) is 17.7 Å². The van der Waals surface area contributed by atoms with Gasteiger partial charge >= 0.3 is 0 Å². The van der Waals surface area contributed by atoms with Gasteiger partial charge in [0.25, 0.3) is 0 Å². The topological polar surface area (TPSA) is 54.3 Å². The van der Waals surface area contributed by atoms with Gasteiger partial charge in [-0.15, -0.1) is 6.58 Å². The van der Waals surface area contributed by atoms with Crippen LogP contribution in [-0.4, -0.2) is 61.3 Å². The first-order chi connectivity index (χ1) is 10.7. The van der Waals surface area contributed by atoms with Crippen molar-refractivity contribution >= 4 is 5.71 Å². The van der Waals surface area contributed by atoms with Gasteiger partial charge in [-0.2, -0.15) is 0 Å². The highest BCUT2D eigenvalue weighted by Crippen LogP contribution is 2.17. The Kier molecular flexibility index (Phi) is 6.58. The summed E-state index contributed by atoms with van der Waals surface area (Å²) in [4.78, 5) is 7.64. The molecule has 2 rings (SSSR count). The van der Waals surface area contributed by atoms with Crippen molar-refractivity contribution in [1.29, 1.82) is 0 Å².